The average Bonchev–Trinajstić information content (AvgIpc) is 3.63. The molecule has 7 rings (SSSR count). The molecule has 0 radical (unpaired) electrons. The Balaban J connectivity index is 1.27. The second kappa shape index (κ2) is 10.9. The first kappa shape index (κ1) is 26.2. The predicted molar refractivity (Wildman–Crippen MR) is 158 cm³/mol. The van der Waals surface area contributed by atoms with Gasteiger partial charge in [0.05, 0.1) is 48.9 Å². The molecular weight excluding hydrogens is 546 g/mol. The Morgan fingerprint density at radius 3 is 2.33 bits per heavy atom. The van der Waals surface area contributed by atoms with Crippen LogP contribution in [0.25, 0.3) is 11.3 Å². The van der Waals surface area contributed by atoms with E-state index >= 15 is 0 Å². The third kappa shape index (κ3) is 4.80. The monoisotopic (exact) mass is 573 g/mol. The summed E-state index contributed by atoms with van der Waals surface area (Å²) in [5.74, 6) is 2.78. The molecule has 43 heavy (non-hydrogen) atoms. The van der Waals surface area contributed by atoms with Gasteiger partial charge in [0.1, 0.15) is 17.8 Å². The first-order chi connectivity index (χ1) is 21.1. The van der Waals surface area contributed by atoms with Crippen molar-refractivity contribution in [2.45, 2.75) is 19.4 Å². The van der Waals surface area contributed by atoms with E-state index in [0.717, 1.165) is 45.1 Å². The molecule has 0 spiro atoms. The van der Waals surface area contributed by atoms with Crippen LogP contribution >= 0.6 is 0 Å². The van der Waals surface area contributed by atoms with Crippen molar-refractivity contribution in [2.75, 3.05) is 14.2 Å². The summed E-state index contributed by atoms with van der Waals surface area (Å²) in [6.07, 6.45) is 3.22. The number of hydrogen-bond acceptors (Lipinski definition) is 9. The van der Waals surface area contributed by atoms with Crippen LogP contribution in [0.15, 0.2) is 90.3 Å². The maximum absolute atomic E-state index is 6.48. The molecule has 1 atom stereocenters. The molecule has 0 bridgehead atoms. The number of fused-ring (bicyclic) bond motifs is 4. The third-order valence-electron chi connectivity index (χ3n) is 7.30. The SMILES string of the molecule is COc1ccc(/C=N\OCc2nc3c4c(ncn3n2)Oc2c(c(C)nn2-c2ccccc2)[C@@H]4c2ccc(OC)cc2)cc1. The van der Waals surface area contributed by atoms with E-state index in [9.17, 15) is 0 Å². The smallest absolute Gasteiger partial charge is 0.230 e. The normalized spacial score (nSPS) is 13.9. The van der Waals surface area contributed by atoms with Gasteiger partial charge in [0.15, 0.2) is 18.1 Å². The fraction of sp³-hybridized carbons (Fsp3) is 0.156. The molecular formula is C32H27N7O4. The Labute approximate surface area is 246 Å². The van der Waals surface area contributed by atoms with E-state index in [1.807, 2.05) is 90.5 Å². The molecule has 3 aromatic heterocycles. The molecule has 1 aliphatic heterocycles. The van der Waals surface area contributed by atoms with Gasteiger partial charge in [-0.15, -0.1) is 5.10 Å². The molecule has 4 heterocycles. The lowest BCUT2D eigenvalue weighted by Gasteiger charge is -2.26. The minimum Gasteiger partial charge on any atom is -0.497 e. The van der Waals surface area contributed by atoms with Gasteiger partial charge in [-0.3, -0.25) is 0 Å². The fourth-order valence-corrected chi connectivity index (χ4v) is 5.24. The van der Waals surface area contributed by atoms with Crippen molar-refractivity contribution in [3.63, 3.8) is 0 Å². The van der Waals surface area contributed by atoms with Crippen LogP contribution in [0.4, 0.5) is 0 Å². The van der Waals surface area contributed by atoms with Crippen molar-refractivity contribution in [1.29, 1.82) is 0 Å². The quantitative estimate of drug-likeness (QED) is 0.174. The Hall–Kier alpha value is -5.71. The highest BCUT2D eigenvalue weighted by Crippen LogP contribution is 2.49. The highest BCUT2D eigenvalue weighted by Gasteiger charge is 2.38. The zero-order chi connectivity index (χ0) is 29.3. The van der Waals surface area contributed by atoms with E-state index in [0.29, 0.717) is 23.2 Å². The van der Waals surface area contributed by atoms with Gasteiger partial charge < -0.3 is 19.0 Å². The van der Waals surface area contributed by atoms with Crippen LogP contribution in [-0.2, 0) is 11.4 Å². The van der Waals surface area contributed by atoms with Crippen LogP contribution in [0.2, 0.25) is 0 Å². The minimum atomic E-state index is -0.274. The minimum absolute atomic E-state index is 0.0768. The molecule has 1 aliphatic rings. The standard InChI is InChI=1S/C32H27N7O4/c1-20-27-28(22-11-15-25(41-3)16-12-22)29-30-35-26(18-42-34-17-21-9-13-24(40-2)14-10-21)37-38(30)19-33-31(29)43-32(27)39(36-20)23-7-5-4-6-8-23/h4-17,19,28H,18H2,1-3H3/b34-17-/t28-/m0/s1. The molecule has 0 amide bonds. The highest BCUT2D eigenvalue weighted by molar-refractivity contribution is 5.79. The van der Waals surface area contributed by atoms with Crippen LogP contribution in [0.3, 0.4) is 0 Å². The number of benzene rings is 3. The Bertz CT molecular complexity index is 1930. The van der Waals surface area contributed by atoms with E-state index < -0.39 is 0 Å². The van der Waals surface area contributed by atoms with Crippen LogP contribution in [0.5, 0.6) is 23.3 Å². The first-order valence-corrected chi connectivity index (χ1v) is 13.6. The lowest BCUT2D eigenvalue weighted by Crippen LogP contribution is -2.16. The topological polar surface area (TPSA) is 110 Å². The van der Waals surface area contributed by atoms with E-state index in [1.54, 1.807) is 31.3 Å². The Morgan fingerprint density at radius 1 is 0.884 bits per heavy atom. The first-order valence-electron chi connectivity index (χ1n) is 13.6. The molecule has 0 saturated heterocycles. The number of methoxy groups -OCH3 is 2. The van der Waals surface area contributed by atoms with Gasteiger partial charge in [-0.05, 0) is 66.6 Å². The average molecular weight is 574 g/mol. The van der Waals surface area contributed by atoms with Crippen molar-refractivity contribution in [2.24, 2.45) is 5.16 Å². The van der Waals surface area contributed by atoms with Gasteiger partial charge in [-0.2, -0.15) is 5.10 Å². The van der Waals surface area contributed by atoms with Gasteiger partial charge in [0.25, 0.3) is 0 Å². The third-order valence-corrected chi connectivity index (χ3v) is 7.30. The molecule has 214 valence electrons. The van der Waals surface area contributed by atoms with Gasteiger partial charge in [0.2, 0.25) is 11.8 Å². The largest absolute Gasteiger partial charge is 0.497 e. The number of aryl methyl sites for hydroxylation is 1. The summed E-state index contributed by atoms with van der Waals surface area (Å²) in [5.41, 5.74) is 5.95. The molecule has 11 nitrogen and oxygen atoms in total. The molecule has 11 heteroatoms. The maximum atomic E-state index is 6.48. The fourth-order valence-electron chi connectivity index (χ4n) is 5.24. The van der Waals surface area contributed by atoms with Gasteiger partial charge in [-0.25, -0.2) is 19.2 Å². The van der Waals surface area contributed by atoms with E-state index in [-0.39, 0.29) is 12.5 Å². The molecule has 0 N–H and O–H groups in total. The number of ether oxygens (including phenoxy) is 3. The number of hydrogen-bond donors (Lipinski definition) is 0. The van der Waals surface area contributed by atoms with Crippen LogP contribution in [-0.4, -0.2) is 49.8 Å². The molecule has 0 saturated carbocycles. The summed E-state index contributed by atoms with van der Waals surface area (Å²) < 4.78 is 20.6. The highest BCUT2D eigenvalue weighted by atomic mass is 16.6. The lowest BCUT2D eigenvalue weighted by atomic mass is 9.84. The summed E-state index contributed by atoms with van der Waals surface area (Å²) in [5, 5.41) is 13.6. The maximum Gasteiger partial charge on any atom is 0.230 e. The Kier molecular flexibility index (Phi) is 6.66. The number of oxime groups is 1. The second-order valence-corrected chi connectivity index (χ2v) is 9.90. The summed E-state index contributed by atoms with van der Waals surface area (Å²) in [6.45, 7) is 2.06. The van der Waals surface area contributed by atoms with E-state index in [4.69, 9.17) is 29.1 Å². The number of rotatable bonds is 8. The van der Waals surface area contributed by atoms with Crippen LogP contribution in [0, 0.1) is 6.92 Å². The van der Waals surface area contributed by atoms with Crippen molar-refractivity contribution >= 4 is 11.9 Å². The molecule has 0 fully saturated rings. The second-order valence-electron chi connectivity index (χ2n) is 9.90. The summed E-state index contributed by atoms with van der Waals surface area (Å²) >= 11 is 0. The zero-order valence-corrected chi connectivity index (χ0v) is 23.7. The van der Waals surface area contributed by atoms with Gasteiger partial charge >= 0.3 is 0 Å². The van der Waals surface area contributed by atoms with E-state index in [1.165, 1.54) is 0 Å². The van der Waals surface area contributed by atoms with Crippen LogP contribution in [0.1, 0.15) is 39.7 Å². The summed E-state index contributed by atoms with van der Waals surface area (Å²) in [4.78, 5) is 15.0. The predicted octanol–water partition coefficient (Wildman–Crippen LogP) is 5.47. The van der Waals surface area contributed by atoms with Gasteiger partial charge in [-0.1, -0.05) is 35.5 Å². The summed E-state index contributed by atoms with van der Waals surface area (Å²) in [6, 6.07) is 25.4. The zero-order valence-electron chi connectivity index (χ0n) is 23.7. The lowest BCUT2D eigenvalue weighted by molar-refractivity contribution is 0.126. The van der Waals surface area contributed by atoms with Crippen LogP contribution < -0.4 is 14.2 Å². The Morgan fingerprint density at radius 2 is 1.60 bits per heavy atom. The van der Waals surface area contributed by atoms with Crippen molar-refractivity contribution in [3.05, 3.63) is 119 Å². The number of aromatic nitrogens is 6. The van der Waals surface area contributed by atoms with Crippen molar-refractivity contribution in [3.8, 4) is 28.9 Å². The molecule has 3 aromatic carbocycles. The van der Waals surface area contributed by atoms with E-state index in [2.05, 4.69) is 15.2 Å². The molecule has 0 aliphatic carbocycles. The van der Waals surface area contributed by atoms with Crippen molar-refractivity contribution in [1.82, 2.24) is 29.4 Å². The van der Waals surface area contributed by atoms with Crippen molar-refractivity contribution < 1.29 is 19.0 Å². The number of nitrogens with zero attached hydrogens (tertiary/aromatic N) is 7. The number of para-hydroxylation sites is 1. The molecule has 6 aromatic rings. The molecule has 0 unspecified atom stereocenters. The van der Waals surface area contributed by atoms with Gasteiger partial charge in [0, 0.05) is 0 Å². The summed E-state index contributed by atoms with van der Waals surface area (Å²) in [7, 11) is 3.28.